The van der Waals surface area contributed by atoms with E-state index in [0.717, 1.165) is 10.9 Å². The average molecular weight is 266 g/mol. The van der Waals surface area contributed by atoms with Crippen LogP contribution in [0.2, 0.25) is 5.02 Å². The Bertz CT molecular complexity index is 402. The van der Waals surface area contributed by atoms with E-state index in [-0.39, 0.29) is 6.04 Å². The van der Waals surface area contributed by atoms with E-state index in [4.69, 9.17) is 17.3 Å². The number of halogens is 1. The van der Waals surface area contributed by atoms with Gasteiger partial charge in [0.2, 0.25) is 0 Å². The predicted octanol–water partition coefficient (Wildman–Crippen LogP) is 4.86. The SMILES string of the molecule is CCC1CCCCC1C(N)c1ccc(Cl)cc1C. The summed E-state index contributed by atoms with van der Waals surface area (Å²) >= 11 is 6.02. The maximum absolute atomic E-state index is 6.54. The molecule has 1 aliphatic rings. The molecular weight excluding hydrogens is 242 g/mol. The molecular formula is C16H24ClN. The maximum atomic E-state index is 6.54. The summed E-state index contributed by atoms with van der Waals surface area (Å²) in [5.41, 5.74) is 9.06. The van der Waals surface area contributed by atoms with Crippen LogP contribution >= 0.6 is 11.6 Å². The third-order valence-electron chi connectivity index (χ3n) is 4.54. The molecule has 1 aliphatic carbocycles. The molecule has 0 saturated heterocycles. The zero-order chi connectivity index (χ0) is 13.1. The van der Waals surface area contributed by atoms with Gasteiger partial charge in [0.25, 0.3) is 0 Å². The highest BCUT2D eigenvalue weighted by Gasteiger charge is 2.30. The van der Waals surface area contributed by atoms with Gasteiger partial charge in [0, 0.05) is 11.1 Å². The van der Waals surface area contributed by atoms with Gasteiger partial charge in [0.05, 0.1) is 0 Å². The molecule has 1 nitrogen and oxygen atoms in total. The van der Waals surface area contributed by atoms with Crippen molar-refractivity contribution in [3.63, 3.8) is 0 Å². The number of rotatable bonds is 3. The van der Waals surface area contributed by atoms with Gasteiger partial charge >= 0.3 is 0 Å². The lowest BCUT2D eigenvalue weighted by Gasteiger charge is -2.35. The highest BCUT2D eigenvalue weighted by atomic mass is 35.5. The van der Waals surface area contributed by atoms with E-state index >= 15 is 0 Å². The van der Waals surface area contributed by atoms with E-state index in [0.29, 0.717) is 5.92 Å². The van der Waals surface area contributed by atoms with Crippen molar-refractivity contribution < 1.29 is 0 Å². The second kappa shape index (κ2) is 6.08. The molecule has 2 rings (SSSR count). The van der Waals surface area contributed by atoms with Gasteiger partial charge in [-0.05, 0) is 48.4 Å². The summed E-state index contributed by atoms with van der Waals surface area (Å²) in [6.45, 7) is 4.41. The van der Waals surface area contributed by atoms with Crippen molar-refractivity contribution >= 4 is 11.6 Å². The molecule has 0 aliphatic heterocycles. The van der Waals surface area contributed by atoms with E-state index < -0.39 is 0 Å². The van der Waals surface area contributed by atoms with Gasteiger partial charge in [-0.3, -0.25) is 0 Å². The minimum absolute atomic E-state index is 0.174. The molecule has 0 radical (unpaired) electrons. The molecule has 0 bridgehead atoms. The minimum Gasteiger partial charge on any atom is -0.324 e. The van der Waals surface area contributed by atoms with E-state index in [9.17, 15) is 0 Å². The summed E-state index contributed by atoms with van der Waals surface area (Å²) in [6, 6.07) is 6.28. The fourth-order valence-corrected chi connectivity index (χ4v) is 3.69. The molecule has 0 amide bonds. The summed E-state index contributed by atoms with van der Waals surface area (Å²) in [7, 11) is 0. The highest BCUT2D eigenvalue weighted by molar-refractivity contribution is 6.30. The Hall–Kier alpha value is -0.530. The second-order valence-electron chi connectivity index (χ2n) is 5.64. The summed E-state index contributed by atoms with van der Waals surface area (Å²) in [5.74, 6) is 1.44. The van der Waals surface area contributed by atoms with Crippen LogP contribution in [-0.4, -0.2) is 0 Å². The zero-order valence-corrected chi connectivity index (χ0v) is 12.2. The lowest BCUT2D eigenvalue weighted by atomic mass is 9.72. The van der Waals surface area contributed by atoms with Crippen molar-refractivity contribution in [1.29, 1.82) is 0 Å². The Kier molecular flexibility index (Phi) is 4.69. The first-order valence-electron chi connectivity index (χ1n) is 7.15. The van der Waals surface area contributed by atoms with E-state index in [1.54, 1.807) is 0 Å². The number of benzene rings is 1. The van der Waals surface area contributed by atoms with Crippen molar-refractivity contribution in [3.05, 3.63) is 34.3 Å². The van der Waals surface area contributed by atoms with Crippen LogP contribution in [0.25, 0.3) is 0 Å². The molecule has 1 aromatic rings. The van der Waals surface area contributed by atoms with Gasteiger partial charge in [-0.25, -0.2) is 0 Å². The number of hydrogen-bond acceptors (Lipinski definition) is 1. The van der Waals surface area contributed by atoms with Crippen LogP contribution in [0.5, 0.6) is 0 Å². The van der Waals surface area contributed by atoms with Gasteiger partial charge in [-0.2, -0.15) is 0 Å². The van der Waals surface area contributed by atoms with Crippen molar-refractivity contribution in [3.8, 4) is 0 Å². The number of nitrogens with two attached hydrogens (primary N) is 1. The highest BCUT2D eigenvalue weighted by Crippen LogP contribution is 2.40. The zero-order valence-electron chi connectivity index (χ0n) is 11.5. The van der Waals surface area contributed by atoms with Crippen LogP contribution < -0.4 is 5.73 Å². The fourth-order valence-electron chi connectivity index (χ4n) is 3.46. The molecule has 0 aromatic heterocycles. The predicted molar refractivity (Wildman–Crippen MR) is 78.9 cm³/mol. The first kappa shape index (κ1) is 13.9. The maximum Gasteiger partial charge on any atom is 0.0408 e. The van der Waals surface area contributed by atoms with E-state index in [1.807, 2.05) is 12.1 Å². The smallest absolute Gasteiger partial charge is 0.0408 e. The minimum atomic E-state index is 0.174. The normalized spacial score (nSPS) is 26.0. The summed E-state index contributed by atoms with van der Waals surface area (Å²) < 4.78 is 0. The monoisotopic (exact) mass is 265 g/mol. The molecule has 0 spiro atoms. The van der Waals surface area contributed by atoms with Crippen molar-refractivity contribution in [1.82, 2.24) is 0 Å². The molecule has 100 valence electrons. The third kappa shape index (κ3) is 2.89. The molecule has 1 fully saturated rings. The number of aryl methyl sites for hydroxylation is 1. The van der Waals surface area contributed by atoms with Gasteiger partial charge < -0.3 is 5.73 Å². The van der Waals surface area contributed by atoms with Crippen molar-refractivity contribution in [2.24, 2.45) is 17.6 Å². The Morgan fingerprint density at radius 3 is 2.72 bits per heavy atom. The van der Waals surface area contributed by atoms with Gasteiger partial charge in [0.15, 0.2) is 0 Å². The van der Waals surface area contributed by atoms with Crippen LogP contribution in [-0.2, 0) is 0 Å². The van der Waals surface area contributed by atoms with Crippen LogP contribution in [0.15, 0.2) is 18.2 Å². The summed E-state index contributed by atoms with van der Waals surface area (Å²) in [5, 5.41) is 0.805. The fraction of sp³-hybridized carbons (Fsp3) is 0.625. The number of hydrogen-bond donors (Lipinski definition) is 1. The Morgan fingerprint density at radius 1 is 1.33 bits per heavy atom. The molecule has 2 heteroatoms. The van der Waals surface area contributed by atoms with Gasteiger partial charge in [-0.1, -0.05) is 50.3 Å². The van der Waals surface area contributed by atoms with E-state index in [1.165, 1.54) is 43.2 Å². The lowest BCUT2D eigenvalue weighted by Crippen LogP contribution is -2.30. The molecule has 1 aromatic carbocycles. The molecule has 3 atom stereocenters. The van der Waals surface area contributed by atoms with Crippen LogP contribution in [0.4, 0.5) is 0 Å². The lowest BCUT2D eigenvalue weighted by molar-refractivity contribution is 0.196. The molecule has 3 unspecified atom stereocenters. The first-order valence-corrected chi connectivity index (χ1v) is 7.53. The quantitative estimate of drug-likeness (QED) is 0.829. The summed E-state index contributed by atoms with van der Waals surface area (Å²) in [6.07, 6.45) is 6.59. The van der Waals surface area contributed by atoms with Crippen LogP contribution in [0.1, 0.15) is 56.2 Å². The average Bonchev–Trinajstić information content (AvgIpc) is 2.38. The standard InChI is InChI=1S/C16H24ClN/c1-3-12-6-4-5-7-15(12)16(18)14-9-8-13(17)10-11(14)2/h8-10,12,15-16H,3-7,18H2,1-2H3. The van der Waals surface area contributed by atoms with Crippen molar-refractivity contribution in [2.45, 2.75) is 52.0 Å². The second-order valence-corrected chi connectivity index (χ2v) is 6.08. The van der Waals surface area contributed by atoms with Gasteiger partial charge in [-0.15, -0.1) is 0 Å². The van der Waals surface area contributed by atoms with Gasteiger partial charge in [0.1, 0.15) is 0 Å². The molecule has 2 N–H and O–H groups in total. The Labute approximate surface area is 116 Å². The Balaban J connectivity index is 2.20. The van der Waals surface area contributed by atoms with Crippen LogP contribution in [0, 0.1) is 18.8 Å². The third-order valence-corrected chi connectivity index (χ3v) is 4.78. The van der Waals surface area contributed by atoms with Crippen molar-refractivity contribution in [2.75, 3.05) is 0 Å². The summed E-state index contributed by atoms with van der Waals surface area (Å²) in [4.78, 5) is 0. The molecule has 1 saturated carbocycles. The molecule has 0 heterocycles. The van der Waals surface area contributed by atoms with Crippen LogP contribution in [0.3, 0.4) is 0 Å². The topological polar surface area (TPSA) is 26.0 Å². The van der Waals surface area contributed by atoms with E-state index in [2.05, 4.69) is 19.9 Å². The Morgan fingerprint density at radius 2 is 2.06 bits per heavy atom. The first-order chi connectivity index (χ1) is 8.63. The largest absolute Gasteiger partial charge is 0.324 e. The molecule has 18 heavy (non-hydrogen) atoms.